The summed E-state index contributed by atoms with van der Waals surface area (Å²) in [5, 5.41) is 5.91. The summed E-state index contributed by atoms with van der Waals surface area (Å²) in [7, 11) is 1.94. The van der Waals surface area contributed by atoms with Crippen LogP contribution in [0.15, 0.2) is 0 Å². The molecule has 1 atom stereocenters. The first-order valence-electron chi connectivity index (χ1n) is 4.41. The standard InChI is InChI=1S/C8H17N3S/c1-4-5-6-8(2)9-7(12)11(3)10-8/h10H,4-6H2,1-3H3,(H,9,12). The van der Waals surface area contributed by atoms with Crippen LogP contribution >= 0.6 is 12.2 Å². The quantitative estimate of drug-likeness (QED) is 0.650. The van der Waals surface area contributed by atoms with Crippen molar-refractivity contribution in [1.82, 2.24) is 15.8 Å². The minimum atomic E-state index is -0.0259. The molecular weight excluding hydrogens is 170 g/mol. The lowest BCUT2D eigenvalue weighted by Crippen LogP contribution is -2.47. The van der Waals surface area contributed by atoms with E-state index in [1.807, 2.05) is 12.1 Å². The average molecular weight is 187 g/mol. The first-order chi connectivity index (χ1) is 5.57. The number of thiocarbonyl (C=S) groups is 1. The molecule has 0 radical (unpaired) electrons. The Bertz CT molecular complexity index is 183. The lowest BCUT2D eigenvalue weighted by atomic mass is 10.1. The lowest BCUT2D eigenvalue weighted by molar-refractivity contribution is 0.243. The number of nitrogens with zero attached hydrogens (tertiary/aromatic N) is 1. The smallest absolute Gasteiger partial charge is 0.184 e. The summed E-state index contributed by atoms with van der Waals surface area (Å²) < 4.78 is 0. The van der Waals surface area contributed by atoms with Gasteiger partial charge < -0.3 is 5.32 Å². The lowest BCUT2D eigenvalue weighted by Gasteiger charge is -2.24. The molecule has 0 aromatic rings. The van der Waals surface area contributed by atoms with Gasteiger partial charge in [-0.15, -0.1) is 0 Å². The number of hydrazine groups is 1. The molecule has 0 aromatic carbocycles. The second kappa shape index (κ2) is 3.58. The van der Waals surface area contributed by atoms with E-state index < -0.39 is 0 Å². The molecule has 1 aliphatic rings. The zero-order valence-electron chi connectivity index (χ0n) is 7.98. The Hall–Kier alpha value is -0.350. The van der Waals surface area contributed by atoms with Gasteiger partial charge in [-0.3, -0.25) is 5.01 Å². The van der Waals surface area contributed by atoms with Gasteiger partial charge in [0.2, 0.25) is 0 Å². The van der Waals surface area contributed by atoms with E-state index in [-0.39, 0.29) is 5.66 Å². The van der Waals surface area contributed by atoms with E-state index in [0.29, 0.717) is 0 Å². The second-order valence-corrected chi connectivity index (χ2v) is 3.92. The van der Waals surface area contributed by atoms with Gasteiger partial charge in [0, 0.05) is 7.05 Å². The van der Waals surface area contributed by atoms with Crippen LogP contribution in [0.4, 0.5) is 0 Å². The Morgan fingerprint density at radius 3 is 2.67 bits per heavy atom. The van der Waals surface area contributed by atoms with Gasteiger partial charge in [-0.1, -0.05) is 13.3 Å². The highest BCUT2D eigenvalue weighted by Crippen LogP contribution is 2.15. The second-order valence-electron chi connectivity index (χ2n) is 3.54. The topological polar surface area (TPSA) is 27.3 Å². The van der Waals surface area contributed by atoms with E-state index in [1.54, 1.807) is 0 Å². The van der Waals surface area contributed by atoms with E-state index >= 15 is 0 Å². The van der Waals surface area contributed by atoms with Gasteiger partial charge in [0.05, 0.1) is 0 Å². The van der Waals surface area contributed by atoms with Gasteiger partial charge >= 0.3 is 0 Å². The third-order valence-corrected chi connectivity index (χ3v) is 2.51. The van der Waals surface area contributed by atoms with Crippen molar-refractivity contribution in [3.8, 4) is 0 Å². The fraction of sp³-hybridized carbons (Fsp3) is 0.875. The van der Waals surface area contributed by atoms with Gasteiger partial charge in [0.25, 0.3) is 0 Å². The molecule has 1 saturated heterocycles. The number of hydrogen-bond donors (Lipinski definition) is 2. The third-order valence-electron chi connectivity index (χ3n) is 2.13. The van der Waals surface area contributed by atoms with Gasteiger partial charge in [-0.2, -0.15) is 0 Å². The minimum absolute atomic E-state index is 0.0259. The van der Waals surface area contributed by atoms with E-state index in [9.17, 15) is 0 Å². The molecule has 1 fully saturated rings. The van der Waals surface area contributed by atoms with E-state index in [0.717, 1.165) is 11.5 Å². The number of nitrogens with one attached hydrogen (secondary N) is 2. The first kappa shape index (κ1) is 9.74. The van der Waals surface area contributed by atoms with Crippen molar-refractivity contribution in [2.75, 3.05) is 7.05 Å². The van der Waals surface area contributed by atoms with Crippen molar-refractivity contribution >= 4 is 17.3 Å². The Morgan fingerprint density at radius 2 is 2.25 bits per heavy atom. The maximum atomic E-state index is 5.09. The largest absolute Gasteiger partial charge is 0.342 e. The van der Waals surface area contributed by atoms with Crippen LogP contribution in [0.25, 0.3) is 0 Å². The molecule has 70 valence electrons. The summed E-state index contributed by atoms with van der Waals surface area (Å²) in [6.45, 7) is 4.33. The molecule has 0 amide bonds. The molecule has 12 heavy (non-hydrogen) atoms. The maximum Gasteiger partial charge on any atom is 0.184 e. The highest BCUT2D eigenvalue weighted by Gasteiger charge is 2.32. The zero-order chi connectivity index (χ0) is 9.19. The van der Waals surface area contributed by atoms with Crippen molar-refractivity contribution in [3.05, 3.63) is 0 Å². The van der Waals surface area contributed by atoms with E-state index in [4.69, 9.17) is 12.2 Å². The van der Waals surface area contributed by atoms with Crippen LogP contribution in [0.1, 0.15) is 33.1 Å². The Morgan fingerprint density at radius 1 is 1.58 bits per heavy atom. The zero-order valence-corrected chi connectivity index (χ0v) is 8.79. The summed E-state index contributed by atoms with van der Waals surface area (Å²) >= 11 is 5.09. The maximum absolute atomic E-state index is 5.09. The normalized spacial score (nSPS) is 29.2. The number of hydrogen-bond acceptors (Lipinski definition) is 2. The molecule has 0 spiro atoms. The van der Waals surface area contributed by atoms with Gasteiger partial charge in [0.1, 0.15) is 5.66 Å². The van der Waals surface area contributed by atoms with Crippen LogP contribution in [-0.4, -0.2) is 22.8 Å². The molecule has 0 bridgehead atoms. The van der Waals surface area contributed by atoms with Crippen molar-refractivity contribution in [3.63, 3.8) is 0 Å². The summed E-state index contributed by atoms with van der Waals surface area (Å²) in [6, 6.07) is 0. The predicted molar refractivity (Wildman–Crippen MR) is 54.6 cm³/mol. The van der Waals surface area contributed by atoms with Crippen molar-refractivity contribution in [1.29, 1.82) is 0 Å². The Balaban J connectivity index is 2.46. The predicted octanol–water partition coefficient (Wildman–Crippen LogP) is 1.22. The molecular formula is C8H17N3S. The van der Waals surface area contributed by atoms with Crippen molar-refractivity contribution < 1.29 is 0 Å². The summed E-state index contributed by atoms with van der Waals surface area (Å²) in [5.41, 5.74) is 3.27. The molecule has 0 aromatic heterocycles. The molecule has 1 unspecified atom stereocenters. The molecule has 2 N–H and O–H groups in total. The minimum Gasteiger partial charge on any atom is -0.342 e. The van der Waals surface area contributed by atoms with Crippen molar-refractivity contribution in [2.24, 2.45) is 0 Å². The molecule has 1 aliphatic heterocycles. The SMILES string of the molecule is CCCCC1(C)NC(=S)N(C)N1. The summed E-state index contributed by atoms with van der Waals surface area (Å²) in [5.74, 6) is 0. The van der Waals surface area contributed by atoms with Crippen LogP contribution in [0.3, 0.4) is 0 Å². The summed E-state index contributed by atoms with van der Waals surface area (Å²) in [4.78, 5) is 0. The van der Waals surface area contributed by atoms with Crippen LogP contribution in [-0.2, 0) is 0 Å². The molecule has 0 aliphatic carbocycles. The molecule has 1 heterocycles. The molecule has 3 nitrogen and oxygen atoms in total. The van der Waals surface area contributed by atoms with Gasteiger partial charge in [-0.25, -0.2) is 5.43 Å². The average Bonchev–Trinajstić information content (AvgIpc) is 2.24. The third kappa shape index (κ3) is 2.08. The van der Waals surface area contributed by atoms with Crippen LogP contribution in [0, 0.1) is 0 Å². The molecule has 4 heteroatoms. The monoisotopic (exact) mass is 187 g/mol. The van der Waals surface area contributed by atoms with Crippen LogP contribution < -0.4 is 10.7 Å². The molecule has 0 saturated carbocycles. The van der Waals surface area contributed by atoms with E-state index in [2.05, 4.69) is 24.6 Å². The fourth-order valence-electron chi connectivity index (χ4n) is 1.42. The molecule has 1 rings (SSSR count). The van der Waals surface area contributed by atoms with Gasteiger partial charge in [0.15, 0.2) is 5.11 Å². The Labute approximate surface area is 79.5 Å². The Kier molecular flexibility index (Phi) is 2.90. The summed E-state index contributed by atoms with van der Waals surface area (Å²) in [6.07, 6.45) is 3.54. The highest BCUT2D eigenvalue weighted by molar-refractivity contribution is 7.80. The highest BCUT2D eigenvalue weighted by atomic mass is 32.1. The van der Waals surface area contributed by atoms with E-state index in [1.165, 1.54) is 12.8 Å². The van der Waals surface area contributed by atoms with Crippen molar-refractivity contribution in [2.45, 2.75) is 38.8 Å². The number of unbranched alkanes of at least 4 members (excludes halogenated alkanes) is 1. The van der Waals surface area contributed by atoms with Crippen LogP contribution in [0.2, 0.25) is 0 Å². The van der Waals surface area contributed by atoms with Crippen LogP contribution in [0.5, 0.6) is 0 Å². The number of rotatable bonds is 3. The van der Waals surface area contributed by atoms with Gasteiger partial charge in [-0.05, 0) is 32.0 Å². The fourth-order valence-corrected chi connectivity index (χ4v) is 1.69. The first-order valence-corrected chi connectivity index (χ1v) is 4.82.